The number of aryl methyl sites for hydroxylation is 1. The van der Waals surface area contributed by atoms with Crippen LogP contribution in [0.3, 0.4) is 0 Å². The Labute approximate surface area is 223 Å². The second-order valence-electron chi connectivity index (χ2n) is 10.5. The Morgan fingerprint density at radius 1 is 1.13 bits per heavy atom. The smallest absolute Gasteiger partial charge is 0.298 e. The van der Waals surface area contributed by atoms with Crippen LogP contribution in [0.15, 0.2) is 18.5 Å². The van der Waals surface area contributed by atoms with E-state index in [1.807, 2.05) is 9.80 Å². The summed E-state index contributed by atoms with van der Waals surface area (Å²) in [6, 6.07) is 4.77. The first-order valence-electron chi connectivity index (χ1n) is 13.1. The number of rotatable bonds is 3. The number of ether oxygens (including phenoxy) is 1. The molecular formula is C27H32N6O4S. The summed E-state index contributed by atoms with van der Waals surface area (Å²) in [4.78, 5) is 27.4. The Morgan fingerprint density at radius 3 is 2.68 bits per heavy atom. The van der Waals surface area contributed by atoms with Gasteiger partial charge in [0.05, 0.1) is 22.8 Å². The zero-order valence-electron chi connectivity index (χ0n) is 21.7. The normalized spacial score (nSPS) is 22.6. The molecule has 3 saturated heterocycles. The SMILES string of the molecule is CC#CC(=O)N1CCC(N2CC(c3cc(C)c4c(c3)Nc3ncnc(N5CCS(=O)(=O)CC5)c3CO4)C2)C1. The lowest BCUT2D eigenvalue weighted by Crippen LogP contribution is -2.51. The van der Waals surface area contributed by atoms with Crippen molar-refractivity contribution in [2.24, 2.45) is 0 Å². The molecule has 0 spiro atoms. The lowest BCUT2D eigenvalue weighted by molar-refractivity contribution is -0.124. The van der Waals surface area contributed by atoms with Crippen LogP contribution in [0, 0.1) is 18.8 Å². The van der Waals surface area contributed by atoms with Gasteiger partial charge in [-0.3, -0.25) is 9.69 Å². The first-order valence-corrected chi connectivity index (χ1v) is 14.9. The van der Waals surface area contributed by atoms with Gasteiger partial charge in [-0.15, -0.1) is 0 Å². The largest absolute Gasteiger partial charge is 0.486 e. The molecule has 0 bridgehead atoms. The number of anilines is 3. The number of likely N-dealkylation sites (tertiary alicyclic amines) is 2. The van der Waals surface area contributed by atoms with Crippen LogP contribution in [-0.2, 0) is 21.2 Å². The van der Waals surface area contributed by atoms with Crippen LogP contribution in [0.4, 0.5) is 17.3 Å². The molecule has 0 aliphatic carbocycles. The molecule has 5 heterocycles. The predicted molar refractivity (Wildman–Crippen MR) is 144 cm³/mol. The van der Waals surface area contributed by atoms with E-state index in [0.717, 1.165) is 61.0 Å². The predicted octanol–water partition coefficient (Wildman–Crippen LogP) is 1.68. The topological polar surface area (TPSA) is 108 Å². The molecule has 0 saturated carbocycles. The average Bonchev–Trinajstić information content (AvgIpc) is 3.25. The highest BCUT2D eigenvalue weighted by Gasteiger charge is 2.38. The molecule has 1 amide bonds. The minimum atomic E-state index is -2.99. The zero-order valence-corrected chi connectivity index (χ0v) is 22.6. The second kappa shape index (κ2) is 9.75. The maximum atomic E-state index is 12.1. The fourth-order valence-corrected chi connectivity index (χ4v) is 7.07. The Balaban J connectivity index is 1.16. The number of fused-ring (bicyclic) bond motifs is 2. The number of benzene rings is 1. The monoisotopic (exact) mass is 536 g/mol. The van der Waals surface area contributed by atoms with Crippen molar-refractivity contribution < 1.29 is 17.9 Å². The molecule has 1 aromatic carbocycles. The van der Waals surface area contributed by atoms with Crippen molar-refractivity contribution in [3.05, 3.63) is 35.2 Å². The molecule has 6 rings (SSSR count). The molecule has 200 valence electrons. The summed E-state index contributed by atoms with van der Waals surface area (Å²) < 4.78 is 30.1. The summed E-state index contributed by atoms with van der Waals surface area (Å²) in [5.41, 5.74) is 4.05. The van der Waals surface area contributed by atoms with E-state index in [0.29, 0.717) is 37.5 Å². The van der Waals surface area contributed by atoms with Gasteiger partial charge in [0.25, 0.3) is 5.91 Å². The summed E-state index contributed by atoms with van der Waals surface area (Å²) in [7, 11) is -2.99. The number of aromatic nitrogens is 2. The highest BCUT2D eigenvalue weighted by molar-refractivity contribution is 7.91. The molecule has 2 aromatic rings. The van der Waals surface area contributed by atoms with Crippen molar-refractivity contribution >= 4 is 33.1 Å². The number of nitrogens with one attached hydrogen (secondary N) is 1. The van der Waals surface area contributed by atoms with Crippen molar-refractivity contribution in [3.8, 4) is 17.6 Å². The van der Waals surface area contributed by atoms with Gasteiger partial charge < -0.3 is 19.9 Å². The lowest BCUT2D eigenvalue weighted by atomic mass is 9.88. The van der Waals surface area contributed by atoms with Gasteiger partial charge in [-0.1, -0.05) is 12.0 Å². The fourth-order valence-electron chi connectivity index (χ4n) is 5.87. The average molecular weight is 537 g/mol. The minimum absolute atomic E-state index is 0.0721. The Hall–Kier alpha value is -3.36. The van der Waals surface area contributed by atoms with Gasteiger partial charge in [0.15, 0.2) is 9.84 Å². The third kappa shape index (κ3) is 4.67. The number of hydrogen-bond donors (Lipinski definition) is 1. The van der Waals surface area contributed by atoms with Gasteiger partial charge >= 0.3 is 0 Å². The van der Waals surface area contributed by atoms with Crippen LogP contribution in [-0.4, -0.2) is 90.9 Å². The summed E-state index contributed by atoms with van der Waals surface area (Å²) >= 11 is 0. The first kappa shape index (κ1) is 24.9. The number of carbonyl (C=O) groups excluding carboxylic acids is 1. The lowest BCUT2D eigenvalue weighted by Gasteiger charge is -2.43. The molecule has 0 radical (unpaired) electrons. The summed E-state index contributed by atoms with van der Waals surface area (Å²) in [6.45, 7) is 8.35. The van der Waals surface area contributed by atoms with Crippen LogP contribution < -0.4 is 15.0 Å². The molecule has 1 unspecified atom stereocenters. The minimum Gasteiger partial charge on any atom is -0.486 e. The van der Waals surface area contributed by atoms with E-state index >= 15 is 0 Å². The maximum Gasteiger partial charge on any atom is 0.298 e. The summed E-state index contributed by atoms with van der Waals surface area (Å²) in [5, 5.41) is 3.49. The van der Waals surface area contributed by atoms with E-state index in [2.05, 4.69) is 51.1 Å². The van der Waals surface area contributed by atoms with E-state index in [4.69, 9.17) is 4.74 Å². The molecular weight excluding hydrogens is 504 g/mol. The van der Waals surface area contributed by atoms with Crippen LogP contribution >= 0.6 is 0 Å². The van der Waals surface area contributed by atoms with Gasteiger partial charge in [-0.05, 0) is 43.4 Å². The molecule has 1 aromatic heterocycles. The summed E-state index contributed by atoms with van der Waals surface area (Å²) in [6.07, 6.45) is 2.52. The Morgan fingerprint density at radius 2 is 1.92 bits per heavy atom. The molecule has 38 heavy (non-hydrogen) atoms. The Kier molecular flexibility index (Phi) is 6.40. The van der Waals surface area contributed by atoms with Gasteiger partial charge in [0, 0.05) is 51.2 Å². The van der Waals surface area contributed by atoms with Gasteiger partial charge in [-0.25, -0.2) is 18.4 Å². The number of nitrogens with zero attached hydrogens (tertiary/aromatic N) is 5. The first-order chi connectivity index (χ1) is 18.3. The number of amides is 1. The van der Waals surface area contributed by atoms with E-state index in [9.17, 15) is 13.2 Å². The number of hydrogen-bond acceptors (Lipinski definition) is 9. The van der Waals surface area contributed by atoms with E-state index in [-0.39, 0.29) is 17.4 Å². The summed E-state index contributed by atoms with van der Waals surface area (Å²) in [5.74, 6) is 8.19. The van der Waals surface area contributed by atoms with Gasteiger partial charge in [-0.2, -0.15) is 0 Å². The van der Waals surface area contributed by atoms with Crippen LogP contribution in [0.2, 0.25) is 0 Å². The highest BCUT2D eigenvalue weighted by Crippen LogP contribution is 2.42. The highest BCUT2D eigenvalue weighted by atomic mass is 32.2. The van der Waals surface area contributed by atoms with Crippen molar-refractivity contribution in [1.29, 1.82) is 0 Å². The molecule has 1 N–H and O–H groups in total. The third-order valence-corrected chi connectivity index (χ3v) is 9.67. The van der Waals surface area contributed by atoms with E-state index in [1.165, 1.54) is 11.9 Å². The van der Waals surface area contributed by atoms with Crippen molar-refractivity contribution in [2.75, 3.05) is 61.0 Å². The number of carbonyl (C=O) groups is 1. The quantitative estimate of drug-likeness (QED) is 0.586. The maximum absolute atomic E-state index is 12.1. The second-order valence-corrected chi connectivity index (χ2v) is 12.8. The zero-order chi connectivity index (χ0) is 26.4. The molecule has 4 aliphatic heterocycles. The molecule has 4 aliphatic rings. The van der Waals surface area contributed by atoms with Crippen LogP contribution in [0.25, 0.3) is 0 Å². The number of sulfone groups is 1. The molecule has 10 nitrogen and oxygen atoms in total. The molecule has 11 heteroatoms. The van der Waals surface area contributed by atoms with E-state index in [1.54, 1.807) is 6.92 Å². The van der Waals surface area contributed by atoms with Crippen molar-refractivity contribution in [1.82, 2.24) is 19.8 Å². The third-order valence-electron chi connectivity index (χ3n) is 8.06. The molecule has 3 fully saturated rings. The van der Waals surface area contributed by atoms with E-state index < -0.39 is 9.84 Å². The molecule has 1 atom stereocenters. The van der Waals surface area contributed by atoms with Gasteiger partial charge in [0.1, 0.15) is 30.3 Å². The van der Waals surface area contributed by atoms with Crippen LogP contribution in [0.1, 0.15) is 36.0 Å². The Bertz CT molecular complexity index is 1430. The van der Waals surface area contributed by atoms with Gasteiger partial charge in [0.2, 0.25) is 0 Å². The van der Waals surface area contributed by atoms with Crippen molar-refractivity contribution in [2.45, 2.75) is 38.8 Å². The fraction of sp³-hybridized carbons (Fsp3) is 0.519. The standard InChI is InChI=1S/C27H32N6O4S/c1-3-4-24(34)32-6-5-21(15-32)33-13-20(14-33)19-11-18(2)25-23(12-19)30-26-22(16-37-25)27(29-17-28-26)31-7-9-38(35,36)10-8-31/h11-12,17,20-21H,5-10,13-16H2,1-2H3,(H,28,29,30). The van der Waals surface area contributed by atoms with Crippen molar-refractivity contribution in [3.63, 3.8) is 0 Å². The van der Waals surface area contributed by atoms with Crippen LogP contribution in [0.5, 0.6) is 5.75 Å².